The van der Waals surface area contributed by atoms with Gasteiger partial charge in [-0.3, -0.25) is 9.69 Å². The van der Waals surface area contributed by atoms with Gasteiger partial charge in [-0.05, 0) is 38.3 Å². The van der Waals surface area contributed by atoms with Crippen LogP contribution in [0.5, 0.6) is 0 Å². The molecule has 1 fully saturated rings. The third-order valence-electron chi connectivity index (χ3n) is 4.25. The van der Waals surface area contributed by atoms with Crippen molar-refractivity contribution in [2.75, 3.05) is 26.2 Å². The predicted molar refractivity (Wildman–Crippen MR) is 90.7 cm³/mol. The number of carbonyl (C=O) groups is 2. The van der Waals surface area contributed by atoms with Crippen molar-refractivity contribution in [2.45, 2.75) is 32.9 Å². The molecule has 1 amide bonds. The average molecular weight is 334 g/mol. The van der Waals surface area contributed by atoms with Gasteiger partial charge in [-0.1, -0.05) is 30.3 Å². The number of hydrogen-bond donors (Lipinski definition) is 1. The number of benzene rings is 1. The van der Waals surface area contributed by atoms with Crippen molar-refractivity contribution in [3.05, 3.63) is 35.9 Å². The van der Waals surface area contributed by atoms with Gasteiger partial charge in [0.1, 0.15) is 6.61 Å². The fourth-order valence-corrected chi connectivity index (χ4v) is 2.97. The summed E-state index contributed by atoms with van der Waals surface area (Å²) < 4.78 is 5.43. The molecule has 1 aromatic rings. The Labute approximate surface area is 143 Å². The van der Waals surface area contributed by atoms with Gasteiger partial charge in [-0.25, -0.2) is 4.79 Å². The summed E-state index contributed by atoms with van der Waals surface area (Å²) in [6, 6.07) is 9.65. The van der Waals surface area contributed by atoms with E-state index in [0.29, 0.717) is 13.1 Å². The van der Waals surface area contributed by atoms with Crippen molar-refractivity contribution in [1.82, 2.24) is 9.80 Å². The second kappa shape index (κ2) is 8.68. The Morgan fingerprint density at radius 2 is 2.04 bits per heavy atom. The van der Waals surface area contributed by atoms with Gasteiger partial charge in [0.05, 0.1) is 6.54 Å². The van der Waals surface area contributed by atoms with Crippen LogP contribution < -0.4 is 0 Å². The highest BCUT2D eigenvalue weighted by atomic mass is 16.6. The first-order valence-electron chi connectivity index (χ1n) is 8.37. The zero-order valence-corrected chi connectivity index (χ0v) is 14.4. The van der Waals surface area contributed by atoms with E-state index in [-0.39, 0.29) is 31.2 Å². The van der Waals surface area contributed by atoms with E-state index in [4.69, 9.17) is 9.84 Å². The molecular formula is C18H26N2O4. The molecule has 1 aromatic carbocycles. The first kappa shape index (κ1) is 18.3. The summed E-state index contributed by atoms with van der Waals surface area (Å²) >= 11 is 0. The molecule has 24 heavy (non-hydrogen) atoms. The molecule has 0 saturated carbocycles. The van der Waals surface area contributed by atoms with Crippen molar-refractivity contribution in [3.63, 3.8) is 0 Å². The van der Waals surface area contributed by atoms with E-state index in [9.17, 15) is 9.59 Å². The number of likely N-dealkylation sites (tertiary alicyclic amines) is 1. The summed E-state index contributed by atoms with van der Waals surface area (Å²) in [7, 11) is 0. The molecule has 6 heteroatoms. The van der Waals surface area contributed by atoms with Crippen LogP contribution in [0.25, 0.3) is 0 Å². The normalized spacial score (nSPS) is 17.9. The quantitative estimate of drug-likeness (QED) is 0.829. The number of carbonyl (C=O) groups excluding carboxylic acids is 1. The molecule has 6 nitrogen and oxygen atoms in total. The SMILES string of the molecule is CC(C)N(C[C@@H]1CCN(CC(=O)O)C1)C(=O)OCc1ccccc1. The van der Waals surface area contributed by atoms with Crippen LogP contribution in [0.15, 0.2) is 30.3 Å². The van der Waals surface area contributed by atoms with Crippen LogP contribution in [-0.4, -0.2) is 59.2 Å². The highest BCUT2D eigenvalue weighted by Gasteiger charge is 2.29. The van der Waals surface area contributed by atoms with E-state index < -0.39 is 5.97 Å². The fraction of sp³-hybridized carbons (Fsp3) is 0.556. The maximum Gasteiger partial charge on any atom is 0.410 e. The van der Waals surface area contributed by atoms with Gasteiger partial charge in [0, 0.05) is 19.1 Å². The fourth-order valence-electron chi connectivity index (χ4n) is 2.97. The molecule has 0 aliphatic carbocycles. The van der Waals surface area contributed by atoms with Crippen LogP contribution in [0, 0.1) is 5.92 Å². The lowest BCUT2D eigenvalue weighted by atomic mass is 10.1. The number of amides is 1. The molecule has 0 bridgehead atoms. The lowest BCUT2D eigenvalue weighted by Crippen LogP contribution is -2.41. The average Bonchev–Trinajstić information content (AvgIpc) is 2.97. The van der Waals surface area contributed by atoms with E-state index in [1.54, 1.807) is 4.90 Å². The Bertz CT molecular complexity index is 547. The first-order valence-corrected chi connectivity index (χ1v) is 8.37. The Kier molecular flexibility index (Phi) is 6.61. The molecule has 0 unspecified atom stereocenters. The van der Waals surface area contributed by atoms with E-state index in [1.165, 1.54) is 0 Å². The van der Waals surface area contributed by atoms with Crippen molar-refractivity contribution in [1.29, 1.82) is 0 Å². The minimum atomic E-state index is -0.807. The van der Waals surface area contributed by atoms with Crippen molar-refractivity contribution in [3.8, 4) is 0 Å². The van der Waals surface area contributed by atoms with Gasteiger partial charge >= 0.3 is 12.1 Å². The molecule has 1 atom stereocenters. The number of rotatable bonds is 7. The van der Waals surface area contributed by atoms with E-state index in [0.717, 1.165) is 18.5 Å². The minimum Gasteiger partial charge on any atom is -0.480 e. The molecule has 1 heterocycles. The largest absolute Gasteiger partial charge is 0.480 e. The first-order chi connectivity index (χ1) is 11.5. The molecule has 0 radical (unpaired) electrons. The summed E-state index contributed by atoms with van der Waals surface area (Å²) in [5, 5.41) is 8.87. The number of nitrogens with zero attached hydrogens (tertiary/aromatic N) is 2. The summed E-state index contributed by atoms with van der Waals surface area (Å²) in [5.74, 6) is -0.519. The zero-order valence-electron chi connectivity index (χ0n) is 14.4. The summed E-state index contributed by atoms with van der Waals surface area (Å²) in [4.78, 5) is 26.8. The van der Waals surface area contributed by atoms with Crippen LogP contribution in [-0.2, 0) is 16.1 Å². The van der Waals surface area contributed by atoms with Gasteiger partial charge in [-0.2, -0.15) is 0 Å². The Balaban J connectivity index is 1.85. The maximum atomic E-state index is 12.4. The molecule has 2 rings (SSSR count). The van der Waals surface area contributed by atoms with Crippen molar-refractivity contribution < 1.29 is 19.4 Å². The van der Waals surface area contributed by atoms with Gasteiger partial charge in [-0.15, -0.1) is 0 Å². The number of ether oxygens (including phenoxy) is 1. The van der Waals surface area contributed by atoms with Crippen LogP contribution in [0.2, 0.25) is 0 Å². The van der Waals surface area contributed by atoms with Crippen LogP contribution in [0.4, 0.5) is 4.79 Å². The lowest BCUT2D eigenvalue weighted by Gasteiger charge is -2.28. The van der Waals surface area contributed by atoms with Crippen LogP contribution >= 0.6 is 0 Å². The molecule has 1 N–H and O–H groups in total. The van der Waals surface area contributed by atoms with Crippen molar-refractivity contribution in [2.24, 2.45) is 5.92 Å². The van der Waals surface area contributed by atoms with Gasteiger partial charge in [0.25, 0.3) is 0 Å². The van der Waals surface area contributed by atoms with E-state index >= 15 is 0 Å². The Morgan fingerprint density at radius 3 is 2.67 bits per heavy atom. The lowest BCUT2D eigenvalue weighted by molar-refractivity contribution is -0.138. The summed E-state index contributed by atoms with van der Waals surface area (Å²) in [6.45, 7) is 6.34. The highest BCUT2D eigenvalue weighted by molar-refractivity contribution is 5.69. The highest BCUT2D eigenvalue weighted by Crippen LogP contribution is 2.19. The smallest absolute Gasteiger partial charge is 0.410 e. The van der Waals surface area contributed by atoms with Gasteiger partial charge < -0.3 is 14.7 Å². The van der Waals surface area contributed by atoms with E-state index in [1.807, 2.05) is 49.1 Å². The minimum absolute atomic E-state index is 0.0433. The molecule has 0 spiro atoms. The molecule has 0 aromatic heterocycles. The monoisotopic (exact) mass is 334 g/mol. The molecular weight excluding hydrogens is 308 g/mol. The third-order valence-corrected chi connectivity index (χ3v) is 4.25. The second-order valence-corrected chi connectivity index (χ2v) is 6.57. The zero-order chi connectivity index (χ0) is 17.5. The standard InChI is InChI=1S/C18H26N2O4/c1-14(2)20(11-16-8-9-19(10-16)12-17(21)22)18(23)24-13-15-6-4-3-5-7-15/h3-7,14,16H,8-13H2,1-2H3,(H,21,22)/t16-/m1/s1. The predicted octanol–water partition coefficient (Wildman–Crippen LogP) is 2.44. The topological polar surface area (TPSA) is 70.1 Å². The molecule has 1 aliphatic rings. The summed E-state index contributed by atoms with van der Waals surface area (Å²) in [5.41, 5.74) is 0.961. The molecule has 1 saturated heterocycles. The van der Waals surface area contributed by atoms with Crippen molar-refractivity contribution >= 4 is 12.1 Å². The number of hydrogen-bond acceptors (Lipinski definition) is 4. The maximum absolute atomic E-state index is 12.4. The number of carboxylic acids is 1. The Morgan fingerprint density at radius 1 is 1.33 bits per heavy atom. The van der Waals surface area contributed by atoms with Gasteiger partial charge in [0.2, 0.25) is 0 Å². The van der Waals surface area contributed by atoms with Crippen LogP contribution in [0.1, 0.15) is 25.8 Å². The van der Waals surface area contributed by atoms with Gasteiger partial charge in [0.15, 0.2) is 0 Å². The van der Waals surface area contributed by atoms with E-state index in [2.05, 4.69) is 0 Å². The second-order valence-electron chi connectivity index (χ2n) is 6.57. The number of aliphatic carboxylic acids is 1. The van der Waals surface area contributed by atoms with Crippen LogP contribution in [0.3, 0.4) is 0 Å². The Hall–Kier alpha value is -2.08. The third kappa shape index (κ3) is 5.53. The summed E-state index contributed by atoms with van der Waals surface area (Å²) in [6.07, 6.45) is 0.591. The number of carboxylic acid groups (broad SMARTS) is 1. The molecule has 1 aliphatic heterocycles. The molecule has 132 valence electrons.